The van der Waals surface area contributed by atoms with Crippen molar-refractivity contribution in [3.8, 4) is 11.3 Å². The maximum atomic E-state index is 12.9. The minimum atomic E-state index is -0.588. The summed E-state index contributed by atoms with van der Waals surface area (Å²) in [4.78, 5) is 39.2. The minimum absolute atomic E-state index is 0.105. The summed E-state index contributed by atoms with van der Waals surface area (Å²) < 4.78 is 18.1. The molecule has 1 aliphatic rings. The molecule has 10 heteroatoms. The van der Waals surface area contributed by atoms with E-state index in [9.17, 15) is 14.0 Å². The second kappa shape index (κ2) is 6.90. The van der Waals surface area contributed by atoms with E-state index in [4.69, 9.17) is 4.52 Å². The van der Waals surface area contributed by atoms with Crippen LogP contribution in [0.3, 0.4) is 0 Å². The Morgan fingerprint density at radius 2 is 2.00 bits per heavy atom. The number of piperazine rings is 1. The Balaban J connectivity index is 1.46. The fourth-order valence-electron chi connectivity index (χ4n) is 2.69. The highest BCUT2D eigenvalue weighted by atomic mass is 19.1. The summed E-state index contributed by atoms with van der Waals surface area (Å²) >= 11 is 0. The average molecular weight is 368 g/mol. The van der Waals surface area contributed by atoms with E-state index in [-0.39, 0.29) is 37.2 Å². The smallest absolute Gasteiger partial charge is 0.276 e. The van der Waals surface area contributed by atoms with Crippen LogP contribution >= 0.6 is 0 Å². The highest BCUT2D eigenvalue weighted by Crippen LogP contribution is 2.20. The lowest BCUT2D eigenvalue weighted by atomic mass is 10.2. The molecule has 0 atom stereocenters. The van der Waals surface area contributed by atoms with Crippen LogP contribution in [0.1, 0.15) is 10.5 Å². The summed E-state index contributed by atoms with van der Waals surface area (Å²) in [7, 11) is 0. The first kappa shape index (κ1) is 16.8. The third-order valence-electron chi connectivity index (χ3n) is 4.03. The van der Waals surface area contributed by atoms with Crippen molar-refractivity contribution in [3.63, 3.8) is 0 Å². The van der Waals surface area contributed by atoms with Gasteiger partial charge < -0.3 is 9.42 Å². The van der Waals surface area contributed by atoms with E-state index in [0.717, 1.165) is 12.4 Å². The normalized spacial score (nSPS) is 14.5. The molecule has 0 N–H and O–H groups in total. The van der Waals surface area contributed by atoms with Crippen LogP contribution < -0.4 is 4.90 Å². The summed E-state index contributed by atoms with van der Waals surface area (Å²) in [5, 5.41) is 3.79. The average Bonchev–Trinajstić information content (AvgIpc) is 3.19. The van der Waals surface area contributed by atoms with Gasteiger partial charge in [-0.3, -0.25) is 19.5 Å². The monoisotopic (exact) mass is 368 g/mol. The Bertz CT molecular complexity index is 976. The number of halogens is 1. The molecule has 0 bridgehead atoms. The largest absolute Gasteiger partial charge is 0.355 e. The van der Waals surface area contributed by atoms with Gasteiger partial charge in [0.2, 0.25) is 11.9 Å². The Hall–Kier alpha value is -3.69. The van der Waals surface area contributed by atoms with Gasteiger partial charge in [-0.1, -0.05) is 5.16 Å². The first-order chi connectivity index (χ1) is 13.1. The molecule has 3 aromatic rings. The van der Waals surface area contributed by atoms with Crippen molar-refractivity contribution >= 4 is 17.8 Å². The zero-order valence-electron chi connectivity index (χ0n) is 13.9. The predicted molar refractivity (Wildman–Crippen MR) is 90.0 cm³/mol. The number of aromatic nitrogens is 4. The number of pyridine rings is 1. The minimum Gasteiger partial charge on any atom is -0.355 e. The van der Waals surface area contributed by atoms with Gasteiger partial charge in [-0.15, -0.1) is 0 Å². The Morgan fingerprint density at radius 1 is 1.19 bits per heavy atom. The first-order valence-electron chi connectivity index (χ1n) is 8.06. The van der Waals surface area contributed by atoms with Gasteiger partial charge in [0.25, 0.3) is 5.91 Å². The van der Waals surface area contributed by atoms with Crippen LogP contribution in [-0.4, -0.2) is 56.5 Å². The van der Waals surface area contributed by atoms with Crippen molar-refractivity contribution in [2.75, 3.05) is 24.5 Å². The van der Waals surface area contributed by atoms with Gasteiger partial charge in [-0.2, -0.15) is 0 Å². The molecule has 0 radical (unpaired) electrons. The molecule has 0 saturated carbocycles. The Kier molecular flexibility index (Phi) is 4.29. The van der Waals surface area contributed by atoms with Gasteiger partial charge in [0.1, 0.15) is 6.54 Å². The van der Waals surface area contributed by atoms with Gasteiger partial charge in [-0.25, -0.2) is 14.4 Å². The van der Waals surface area contributed by atoms with Crippen molar-refractivity contribution in [3.05, 3.63) is 54.5 Å². The molecule has 0 spiro atoms. The van der Waals surface area contributed by atoms with Crippen LogP contribution in [0.25, 0.3) is 11.3 Å². The highest BCUT2D eigenvalue weighted by Gasteiger charge is 2.31. The van der Waals surface area contributed by atoms with Crippen molar-refractivity contribution in [2.24, 2.45) is 0 Å². The van der Waals surface area contributed by atoms with Crippen molar-refractivity contribution in [2.45, 2.75) is 0 Å². The van der Waals surface area contributed by atoms with E-state index in [1.54, 1.807) is 24.5 Å². The van der Waals surface area contributed by atoms with E-state index in [1.807, 2.05) is 0 Å². The van der Waals surface area contributed by atoms with Gasteiger partial charge >= 0.3 is 0 Å². The highest BCUT2D eigenvalue weighted by molar-refractivity contribution is 6.00. The fraction of sp³-hybridized carbons (Fsp3) is 0.176. The van der Waals surface area contributed by atoms with Crippen molar-refractivity contribution in [1.82, 2.24) is 25.0 Å². The van der Waals surface area contributed by atoms with Crippen LogP contribution in [-0.2, 0) is 4.79 Å². The van der Waals surface area contributed by atoms with Crippen LogP contribution in [0.2, 0.25) is 0 Å². The summed E-state index contributed by atoms with van der Waals surface area (Å²) in [6.07, 6.45) is 5.20. The molecule has 2 amide bonds. The van der Waals surface area contributed by atoms with E-state index in [1.165, 1.54) is 15.9 Å². The SMILES string of the molecule is O=C(c1cc(-c2cccnc2)on1)N1CCN(c2ncc(F)cn2)C(=O)C1. The number of anilines is 1. The van der Waals surface area contributed by atoms with E-state index in [2.05, 4.69) is 20.1 Å². The third kappa shape index (κ3) is 3.36. The lowest BCUT2D eigenvalue weighted by Crippen LogP contribution is -2.53. The topological polar surface area (TPSA) is 105 Å². The molecule has 1 saturated heterocycles. The quantitative estimate of drug-likeness (QED) is 0.683. The molecule has 4 heterocycles. The Labute approximate surface area is 152 Å². The van der Waals surface area contributed by atoms with Crippen LogP contribution in [0, 0.1) is 5.82 Å². The third-order valence-corrected chi connectivity index (χ3v) is 4.03. The van der Waals surface area contributed by atoms with Gasteiger partial charge in [0.05, 0.1) is 12.4 Å². The molecule has 3 aromatic heterocycles. The molecule has 136 valence electrons. The number of rotatable bonds is 3. The lowest BCUT2D eigenvalue weighted by molar-refractivity contribution is -0.120. The number of hydrogen-bond acceptors (Lipinski definition) is 7. The van der Waals surface area contributed by atoms with Crippen molar-refractivity contribution in [1.29, 1.82) is 0 Å². The molecule has 9 nitrogen and oxygen atoms in total. The van der Waals surface area contributed by atoms with E-state index < -0.39 is 11.7 Å². The zero-order valence-corrected chi connectivity index (χ0v) is 13.9. The van der Waals surface area contributed by atoms with Crippen LogP contribution in [0.4, 0.5) is 10.3 Å². The molecule has 27 heavy (non-hydrogen) atoms. The number of amides is 2. The molecular formula is C17H13FN6O3. The molecule has 1 fully saturated rings. The van der Waals surface area contributed by atoms with E-state index >= 15 is 0 Å². The second-order valence-electron chi connectivity index (χ2n) is 5.79. The number of carbonyl (C=O) groups is 2. The number of carbonyl (C=O) groups excluding carboxylic acids is 2. The zero-order chi connectivity index (χ0) is 18.8. The summed E-state index contributed by atoms with van der Waals surface area (Å²) in [5.41, 5.74) is 0.798. The molecular weight excluding hydrogens is 355 g/mol. The summed E-state index contributed by atoms with van der Waals surface area (Å²) in [6, 6.07) is 5.04. The standard InChI is InChI=1S/C17H13FN6O3/c18-12-8-20-17(21-9-12)24-5-4-23(10-15(24)25)16(26)13-6-14(27-22-13)11-2-1-3-19-7-11/h1-3,6-9H,4-5,10H2. The Morgan fingerprint density at radius 3 is 2.70 bits per heavy atom. The molecule has 0 aliphatic carbocycles. The summed E-state index contributed by atoms with van der Waals surface area (Å²) in [6.45, 7) is 0.304. The second-order valence-corrected chi connectivity index (χ2v) is 5.79. The van der Waals surface area contributed by atoms with Gasteiger partial charge in [0.15, 0.2) is 17.3 Å². The first-order valence-corrected chi connectivity index (χ1v) is 8.06. The fourth-order valence-corrected chi connectivity index (χ4v) is 2.69. The molecule has 0 unspecified atom stereocenters. The predicted octanol–water partition coefficient (Wildman–Crippen LogP) is 1.15. The number of nitrogens with zero attached hydrogens (tertiary/aromatic N) is 6. The number of hydrogen-bond donors (Lipinski definition) is 0. The van der Waals surface area contributed by atoms with Gasteiger partial charge in [0, 0.05) is 37.1 Å². The van der Waals surface area contributed by atoms with Crippen LogP contribution in [0.5, 0.6) is 0 Å². The molecule has 0 aromatic carbocycles. The molecule has 4 rings (SSSR count). The molecule has 1 aliphatic heterocycles. The summed E-state index contributed by atoms with van der Waals surface area (Å²) in [5.74, 6) is -0.848. The maximum absolute atomic E-state index is 12.9. The maximum Gasteiger partial charge on any atom is 0.276 e. The lowest BCUT2D eigenvalue weighted by Gasteiger charge is -2.32. The van der Waals surface area contributed by atoms with Crippen molar-refractivity contribution < 1.29 is 18.5 Å². The van der Waals surface area contributed by atoms with Crippen LogP contribution in [0.15, 0.2) is 47.5 Å². The van der Waals surface area contributed by atoms with Gasteiger partial charge in [-0.05, 0) is 12.1 Å². The van der Waals surface area contributed by atoms with E-state index in [0.29, 0.717) is 11.3 Å².